The number of hydrogen-bond donors (Lipinski definition) is 1. The van der Waals surface area contributed by atoms with Crippen molar-refractivity contribution in [3.63, 3.8) is 0 Å². The van der Waals surface area contributed by atoms with Crippen LogP contribution < -0.4 is 10.9 Å². The number of fused-ring (bicyclic) bond motifs is 1. The maximum atomic E-state index is 12.5. The van der Waals surface area contributed by atoms with Crippen molar-refractivity contribution in [3.8, 4) is 0 Å². The fourth-order valence-electron chi connectivity index (χ4n) is 2.97. The first kappa shape index (κ1) is 17.6. The zero-order chi connectivity index (χ0) is 19.5. The average molecular weight is 374 g/mol. The molecular formula is C20H18N6O2. The Morgan fingerprint density at radius 3 is 2.61 bits per heavy atom. The third-order valence-electron chi connectivity index (χ3n) is 4.27. The highest BCUT2D eigenvalue weighted by atomic mass is 16.2. The van der Waals surface area contributed by atoms with E-state index in [-0.39, 0.29) is 18.0 Å². The van der Waals surface area contributed by atoms with Gasteiger partial charge < -0.3 is 5.32 Å². The van der Waals surface area contributed by atoms with Crippen LogP contribution in [0.5, 0.6) is 0 Å². The van der Waals surface area contributed by atoms with Crippen molar-refractivity contribution in [1.82, 2.24) is 24.8 Å². The summed E-state index contributed by atoms with van der Waals surface area (Å²) in [7, 11) is 0. The lowest BCUT2D eigenvalue weighted by molar-refractivity contribution is -0.117. The largest absolute Gasteiger partial charge is 0.309 e. The van der Waals surface area contributed by atoms with Crippen LogP contribution in [0.25, 0.3) is 10.9 Å². The zero-order valence-electron chi connectivity index (χ0n) is 15.2. The molecule has 0 aliphatic heterocycles. The van der Waals surface area contributed by atoms with E-state index in [0.717, 1.165) is 15.9 Å². The van der Waals surface area contributed by atoms with Crippen LogP contribution in [-0.4, -0.2) is 30.7 Å². The number of aromatic nitrogens is 5. The highest BCUT2D eigenvalue weighted by Gasteiger charge is 2.13. The summed E-state index contributed by atoms with van der Waals surface area (Å²) < 4.78 is 2.78. The predicted octanol–water partition coefficient (Wildman–Crippen LogP) is 1.98. The Morgan fingerprint density at radius 1 is 1.04 bits per heavy atom. The molecule has 2 aromatic carbocycles. The van der Waals surface area contributed by atoms with E-state index in [9.17, 15) is 9.59 Å². The first-order valence-corrected chi connectivity index (χ1v) is 8.81. The third kappa shape index (κ3) is 3.66. The molecule has 4 aromatic rings. The molecule has 4 rings (SSSR count). The lowest BCUT2D eigenvalue weighted by atomic mass is 10.2. The fraction of sp³-hybridized carbons (Fsp3) is 0.150. The third-order valence-corrected chi connectivity index (χ3v) is 4.27. The number of nitrogens with zero attached hydrogens (tertiary/aromatic N) is 5. The van der Waals surface area contributed by atoms with Crippen molar-refractivity contribution < 1.29 is 4.79 Å². The van der Waals surface area contributed by atoms with Gasteiger partial charge in [-0.15, -0.1) is 5.10 Å². The molecular weight excluding hydrogens is 356 g/mol. The van der Waals surface area contributed by atoms with Crippen molar-refractivity contribution in [1.29, 1.82) is 0 Å². The normalized spacial score (nSPS) is 10.9. The molecule has 8 heteroatoms. The van der Waals surface area contributed by atoms with Crippen LogP contribution in [0.1, 0.15) is 11.3 Å². The number of nitrogens with one attached hydrogen (secondary N) is 1. The van der Waals surface area contributed by atoms with Gasteiger partial charge in [-0.3, -0.25) is 9.59 Å². The summed E-state index contributed by atoms with van der Waals surface area (Å²) >= 11 is 0. The van der Waals surface area contributed by atoms with E-state index in [4.69, 9.17) is 0 Å². The summed E-state index contributed by atoms with van der Waals surface area (Å²) in [5.41, 5.74) is 2.00. The number of aryl methyl sites for hydroxylation is 1. The minimum absolute atomic E-state index is 0.230. The number of benzene rings is 2. The predicted molar refractivity (Wildman–Crippen MR) is 105 cm³/mol. The average Bonchev–Trinajstić information content (AvgIpc) is 3.03. The van der Waals surface area contributed by atoms with Gasteiger partial charge in [0.2, 0.25) is 5.91 Å². The highest BCUT2D eigenvalue weighted by molar-refractivity contribution is 5.89. The molecule has 0 unspecified atom stereocenters. The highest BCUT2D eigenvalue weighted by Crippen LogP contribution is 2.13. The molecule has 28 heavy (non-hydrogen) atoms. The molecule has 0 aliphatic carbocycles. The number of carbonyl (C=O) groups is 1. The van der Waals surface area contributed by atoms with Crippen molar-refractivity contribution >= 4 is 22.6 Å². The SMILES string of the molecule is Cc1cc(NC(=O)Cn2nnc3ccccc3c2=O)n(Cc2ccccc2)n1. The van der Waals surface area contributed by atoms with Gasteiger partial charge in [0.1, 0.15) is 17.9 Å². The smallest absolute Gasteiger partial charge is 0.278 e. The fourth-order valence-corrected chi connectivity index (χ4v) is 2.97. The first-order valence-electron chi connectivity index (χ1n) is 8.81. The van der Waals surface area contributed by atoms with Gasteiger partial charge in [0.05, 0.1) is 17.6 Å². The molecule has 0 bridgehead atoms. The maximum Gasteiger partial charge on any atom is 0.278 e. The number of hydrogen-bond acceptors (Lipinski definition) is 5. The van der Waals surface area contributed by atoms with Crippen LogP contribution in [0.15, 0.2) is 65.5 Å². The molecule has 0 atom stereocenters. The van der Waals surface area contributed by atoms with E-state index >= 15 is 0 Å². The minimum Gasteiger partial charge on any atom is -0.309 e. The number of carbonyl (C=O) groups excluding carboxylic acids is 1. The lowest BCUT2D eigenvalue weighted by Gasteiger charge is -2.09. The van der Waals surface area contributed by atoms with Gasteiger partial charge in [-0.25, -0.2) is 9.36 Å². The van der Waals surface area contributed by atoms with E-state index in [1.807, 2.05) is 37.3 Å². The van der Waals surface area contributed by atoms with E-state index < -0.39 is 0 Å². The summed E-state index contributed by atoms with van der Waals surface area (Å²) in [4.78, 5) is 25.0. The molecule has 0 spiro atoms. The maximum absolute atomic E-state index is 12.5. The van der Waals surface area contributed by atoms with Crippen molar-refractivity contribution in [2.75, 3.05) is 5.32 Å². The molecule has 1 N–H and O–H groups in total. The van der Waals surface area contributed by atoms with E-state index in [2.05, 4.69) is 20.7 Å². The zero-order valence-corrected chi connectivity index (χ0v) is 15.2. The molecule has 2 heterocycles. The van der Waals surface area contributed by atoms with E-state index in [1.54, 1.807) is 35.0 Å². The Morgan fingerprint density at radius 2 is 1.79 bits per heavy atom. The van der Waals surface area contributed by atoms with Gasteiger partial charge in [-0.2, -0.15) is 5.10 Å². The van der Waals surface area contributed by atoms with Gasteiger partial charge in [-0.05, 0) is 24.6 Å². The molecule has 0 aliphatic rings. The summed E-state index contributed by atoms with van der Waals surface area (Å²) in [5.74, 6) is 0.189. The standard InChI is InChI=1S/C20H18N6O2/c1-14-11-18(25(23-14)12-15-7-3-2-4-8-15)21-19(27)13-26-20(28)16-9-5-6-10-17(16)22-24-26/h2-11H,12-13H2,1H3,(H,21,27). The second-order valence-corrected chi connectivity index (χ2v) is 6.43. The molecule has 0 fully saturated rings. The molecule has 0 radical (unpaired) electrons. The van der Waals surface area contributed by atoms with Gasteiger partial charge in [0.25, 0.3) is 5.56 Å². The summed E-state index contributed by atoms with van der Waals surface area (Å²) in [6.07, 6.45) is 0. The van der Waals surface area contributed by atoms with Crippen molar-refractivity contribution in [2.24, 2.45) is 0 Å². The second kappa shape index (κ2) is 7.43. The van der Waals surface area contributed by atoms with Crippen molar-refractivity contribution in [2.45, 2.75) is 20.0 Å². The van der Waals surface area contributed by atoms with Crippen LogP contribution in [0, 0.1) is 6.92 Å². The molecule has 0 saturated heterocycles. The number of anilines is 1. The Bertz CT molecular complexity index is 1200. The van der Waals surface area contributed by atoms with E-state index in [1.165, 1.54) is 0 Å². The lowest BCUT2D eigenvalue weighted by Crippen LogP contribution is -2.31. The van der Waals surface area contributed by atoms with Crippen LogP contribution in [0.3, 0.4) is 0 Å². The summed E-state index contributed by atoms with van der Waals surface area (Å²) in [6.45, 7) is 2.16. The Kier molecular flexibility index (Phi) is 4.67. The Labute approximate surface area is 160 Å². The Balaban J connectivity index is 1.53. The van der Waals surface area contributed by atoms with Gasteiger partial charge >= 0.3 is 0 Å². The van der Waals surface area contributed by atoms with Crippen LogP contribution in [0.2, 0.25) is 0 Å². The molecule has 8 nitrogen and oxygen atoms in total. The molecule has 2 aromatic heterocycles. The van der Waals surface area contributed by atoms with Gasteiger partial charge in [0, 0.05) is 6.07 Å². The van der Waals surface area contributed by atoms with E-state index in [0.29, 0.717) is 23.3 Å². The summed E-state index contributed by atoms with van der Waals surface area (Å²) in [5, 5.41) is 15.5. The minimum atomic E-state index is -0.374. The van der Waals surface area contributed by atoms with Crippen molar-refractivity contribution in [3.05, 3.63) is 82.3 Å². The quantitative estimate of drug-likeness (QED) is 0.576. The van der Waals surface area contributed by atoms with Crippen LogP contribution >= 0.6 is 0 Å². The molecule has 140 valence electrons. The number of amides is 1. The van der Waals surface area contributed by atoms with Gasteiger partial charge in [0.15, 0.2) is 0 Å². The first-order chi connectivity index (χ1) is 13.6. The van der Waals surface area contributed by atoms with Crippen LogP contribution in [-0.2, 0) is 17.9 Å². The van der Waals surface area contributed by atoms with Crippen LogP contribution in [0.4, 0.5) is 5.82 Å². The summed E-state index contributed by atoms with van der Waals surface area (Å²) in [6, 6.07) is 18.5. The monoisotopic (exact) mass is 374 g/mol. The second-order valence-electron chi connectivity index (χ2n) is 6.43. The Hall–Kier alpha value is -3.81. The molecule has 0 saturated carbocycles. The topological polar surface area (TPSA) is 94.7 Å². The number of rotatable bonds is 5. The van der Waals surface area contributed by atoms with Gasteiger partial charge in [-0.1, -0.05) is 47.7 Å². The molecule has 1 amide bonds.